The summed E-state index contributed by atoms with van der Waals surface area (Å²) in [6, 6.07) is 17.5. The molecule has 136 valence electrons. The van der Waals surface area contributed by atoms with Gasteiger partial charge in [0.25, 0.3) is 5.91 Å². The Labute approximate surface area is 165 Å². The van der Waals surface area contributed by atoms with E-state index in [0.717, 1.165) is 15.1 Å². The topological polar surface area (TPSA) is 51.0 Å². The van der Waals surface area contributed by atoms with Crippen molar-refractivity contribution in [3.05, 3.63) is 72.6 Å². The van der Waals surface area contributed by atoms with Gasteiger partial charge in [-0.15, -0.1) is 11.8 Å². The molecule has 0 atom stereocenters. The molecule has 5 nitrogen and oxygen atoms in total. The number of hydrogen-bond acceptors (Lipinski definition) is 5. The van der Waals surface area contributed by atoms with Crippen molar-refractivity contribution >= 4 is 44.4 Å². The van der Waals surface area contributed by atoms with Crippen LogP contribution in [0.25, 0.3) is 10.2 Å². The van der Waals surface area contributed by atoms with Gasteiger partial charge < -0.3 is 0 Å². The zero-order chi connectivity index (χ0) is 18.6. The molecule has 0 aliphatic rings. The van der Waals surface area contributed by atoms with Gasteiger partial charge in [-0.3, -0.25) is 14.4 Å². The largest absolute Gasteiger partial charge is 0.282 e. The predicted molar refractivity (Wildman–Crippen MR) is 112 cm³/mol. The van der Waals surface area contributed by atoms with E-state index in [0.29, 0.717) is 23.8 Å². The van der Waals surface area contributed by atoms with Crippen LogP contribution in [0.1, 0.15) is 10.4 Å². The average molecular weight is 395 g/mol. The van der Waals surface area contributed by atoms with Gasteiger partial charge in [0.2, 0.25) is 0 Å². The maximum Gasteiger partial charge on any atom is 0.260 e. The molecule has 7 heteroatoms. The van der Waals surface area contributed by atoms with Gasteiger partial charge in [0.05, 0.1) is 16.8 Å². The van der Waals surface area contributed by atoms with Crippen LogP contribution in [0.4, 0.5) is 5.13 Å². The van der Waals surface area contributed by atoms with E-state index in [1.807, 2.05) is 71.7 Å². The second kappa shape index (κ2) is 7.94. The number of amides is 1. The first-order valence-electron chi connectivity index (χ1n) is 8.53. The molecule has 0 N–H and O–H groups in total. The highest BCUT2D eigenvalue weighted by Crippen LogP contribution is 2.29. The van der Waals surface area contributed by atoms with Gasteiger partial charge in [0.15, 0.2) is 5.13 Å². The van der Waals surface area contributed by atoms with Gasteiger partial charge in [-0.05, 0) is 48.7 Å². The minimum Gasteiger partial charge on any atom is -0.282 e. The number of nitrogens with zero attached hydrogens (tertiary/aromatic N) is 4. The molecular formula is C20H18N4OS2. The van der Waals surface area contributed by atoms with E-state index in [4.69, 9.17) is 0 Å². The zero-order valence-corrected chi connectivity index (χ0v) is 16.4. The van der Waals surface area contributed by atoms with Crippen LogP contribution in [0.3, 0.4) is 0 Å². The van der Waals surface area contributed by atoms with Crippen molar-refractivity contribution < 1.29 is 4.79 Å². The van der Waals surface area contributed by atoms with E-state index < -0.39 is 0 Å². The van der Waals surface area contributed by atoms with E-state index in [2.05, 4.69) is 10.1 Å². The fourth-order valence-electron chi connectivity index (χ4n) is 2.78. The summed E-state index contributed by atoms with van der Waals surface area (Å²) in [4.78, 5) is 20.8. The number of aromatic nitrogens is 3. The number of carbonyl (C=O) groups is 1. The molecule has 2 heterocycles. The summed E-state index contributed by atoms with van der Waals surface area (Å²) >= 11 is 3.19. The quantitative estimate of drug-likeness (QED) is 0.450. The second-order valence-corrected chi connectivity index (χ2v) is 7.81. The fraction of sp³-hybridized carbons (Fsp3) is 0.150. The van der Waals surface area contributed by atoms with Crippen molar-refractivity contribution in [1.29, 1.82) is 0 Å². The lowest BCUT2D eigenvalue weighted by Gasteiger charge is -2.20. The first-order chi connectivity index (χ1) is 13.2. The maximum absolute atomic E-state index is 13.2. The third kappa shape index (κ3) is 3.89. The lowest BCUT2D eigenvalue weighted by atomic mass is 10.2. The Bertz CT molecular complexity index is 1010. The normalized spacial score (nSPS) is 11.0. The van der Waals surface area contributed by atoms with Crippen LogP contribution in [-0.2, 0) is 6.54 Å². The van der Waals surface area contributed by atoms with Gasteiger partial charge in [0, 0.05) is 29.4 Å². The zero-order valence-electron chi connectivity index (χ0n) is 14.8. The Morgan fingerprint density at radius 1 is 1.15 bits per heavy atom. The van der Waals surface area contributed by atoms with Gasteiger partial charge in [-0.25, -0.2) is 4.98 Å². The van der Waals surface area contributed by atoms with Crippen molar-refractivity contribution in [2.24, 2.45) is 0 Å². The highest BCUT2D eigenvalue weighted by molar-refractivity contribution is 7.98. The number of rotatable bonds is 6. The van der Waals surface area contributed by atoms with Gasteiger partial charge in [-0.2, -0.15) is 5.10 Å². The van der Waals surface area contributed by atoms with Crippen molar-refractivity contribution in [3.8, 4) is 0 Å². The highest BCUT2D eigenvalue weighted by atomic mass is 32.2. The smallest absolute Gasteiger partial charge is 0.260 e. The third-order valence-corrected chi connectivity index (χ3v) is 6.01. The first kappa shape index (κ1) is 17.8. The molecule has 27 heavy (non-hydrogen) atoms. The molecule has 0 radical (unpaired) electrons. The molecule has 0 bridgehead atoms. The minimum atomic E-state index is -0.0473. The van der Waals surface area contributed by atoms with Crippen LogP contribution in [0.2, 0.25) is 0 Å². The number of fused-ring (bicyclic) bond motifs is 1. The molecule has 0 saturated heterocycles. The Hall–Kier alpha value is -2.64. The number of thioether (sulfide) groups is 1. The summed E-state index contributed by atoms with van der Waals surface area (Å²) in [7, 11) is 0. The molecule has 4 aromatic rings. The fourth-order valence-corrected chi connectivity index (χ4v) is 4.18. The van der Waals surface area contributed by atoms with E-state index in [1.54, 1.807) is 22.9 Å². The Kier molecular flexibility index (Phi) is 5.22. The van der Waals surface area contributed by atoms with Crippen molar-refractivity contribution in [2.45, 2.75) is 11.4 Å². The number of thiazole rings is 1. The van der Waals surface area contributed by atoms with Crippen LogP contribution in [0.5, 0.6) is 0 Å². The minimum absolute atomic E-state index is 0.0473. The third-order valence-electron chi connectivity index (χ3n) is 4.21. The Morgan fingerprint density at radius 3 is 2.67 bits per heavy atom. The standard InChI is InChI=1S/C20H18N4OS2/c1-26-16-9-7-15(8-10-16)19(25)24(14-13-23-12-4-11-21-23)20-22-17-5-2-3-6-18(17)27-20/h2-12H,13-14H2,1H3. The molecule has 0 spiro atoms. The maximum atomic E-state index is 13.2. The van der Waals surface area contributed by atoms with Crippen molar-refractivity contribution in [2.75, 3.05) is 17.7 Å². The van der Waals surface area contributed by atoms with Crippen LogP contribution < -0.4 is 4.90 Å². The molecular weight excluding hydrogens is 376 g/mol. The summed E-state index contributed by atoms with van der Waals surface area (Å²) in [6.07, 6.45) is 5.66. The number of anilines is 1. The Morgan fingerprint density at radius 2 is 1.96 bits per heavy atom. The van der Waals surface area contributed by atoms with Crippen LogP contribution >= 0.6 is 23.1 Å². The molecule has 1 amide bonds. The summed E-state index contributed by atoms with van der Waals surface area (Å²) in [5.41, 5.74) is 1.57. The number of para-hydroxylation sites is 1. The van der Waals surface area contributed by atoms with E-state index in [-0.39, 0.29) is 5.91 Å². The molecule has 0 fully saturated rings. The molecule has 0 saturated carbocycles. The van der Waals surface area contributed by atoms with Gasteiger partial charge >= 0.3 is 0 Å². The predicted octanol–water partition coefficient (Wildman–Crippen LogP) is 4.56. The lowest BCUT2D eigenvalue weighted by Crippen LogP contribution is -2.34. The molecule has 0 aliphatic heterocycles. The molecule has 0 unspecified atom stereocenters. The van der Waals surface area contributed by atoms with E-state index >= 15 is 0 Å². The van der Waals surface area contributed by atoms with Crippen LogP contribution in [0.15, 0.2) is 71.9 Å². The number of carbonyl (C=O) groups excluding carboxylic acids is 1. The molecule has 4 rings (SSSR count). The van der Waals surface area contributed by atoms with Gasteiger partial charge in [-0.1, -0.05) is 23.5 Å². The van der Waals surface area contributed by atoms with E-state index in [1.165, 1.54) is 11.3 Å². The second-order valence-electron chi connectivity index (χ2n) is 5.92. The van der Waals surface area contributed by atoms with Crippen molar-refractivity contribution in [3.63, 3.8) is 0 Å². The molecule has 2 aromatic carbocycles. The molecule has 0 aliphatic carbocycles. The summed E-state index contributed by atoms with van der Waals surface area (Å²) < 4.78 is 2.90. The lowest BCUT2D eigenvalue weighted by molar-refractivity contribution is 0.0985. The SMILES string of the molecule is CSc1ccc(C(=O)N(CCn2cccn2)c2nc3ccccc3s2)cc1. The van der Waals surface area contributed by atoms with Crippen molar-refractivity contribution in [1.82, 2.24) is 14.8 Å². The van der Waals surface area contributed by atoms with Crippen LogP contribution in [0, 0.1) is 0 Å². The summed E-state index contributed by atoms with van der Waals surface area (Å²) in [5.74, 6) is -0.0473. The highest BCUT2D eigenvalue weighted by Gasteiger charge is 2.21. The first-order valence-corrected chi connectivity index (χ1v) is 10.6. The average Bonchev–Trinajstić information content (AvgIpc) is 3.37. The van der Waals surface area contributed by atoms with Crippen LogP contribution in [-0.4, -0.2) is 33.5 Å². The summed E-state index contributed by atoms with van der Waals surface area (Å²) in [5, 5.41) is 4.95. The van der Waals surface area contributed by atoms with E-state index in [9.17, 15) is 4.79 Å². The molecule has 2 aromatic heterocycles. The number of hydrogen-bond donors (Lipinski definition) is 0. The number of benzene rings is 2. The van der Waals surface area contributed by atoms with Gasteiger partial charge in [0.1, 0.15) is 0 Å². The summed E-state index contributed by atoms with van der Waals surface area (Å²) in [6.45, 7) is 1.11. The Balaban J connectivity index is 1.66. The monoisotopic (exact) mass is 394 g/mol.